The Morgan fingerprint density at radius 2 is 1.84 bits per heavy atom. The molecule has 3 N–H and O–H groups in total. The number of amides is 3. The molecule has 2 aliphatic rings. The van der Waals surface area contributed by atoms with E-state index in [4.69, 9.17) is 16.3 Å². The molecule has 2 aliphatic heterocycles. The zero-order valence-corrected chi connectivity index (χ0v) is 28.2. The van der Waals surface area contributed by atoms with Crippen LogP contribution in [0.5, 0.6) is 0 Å². The first kappa shape index (κ1) is 34.4. The Morgan fingerprint density at radius 3 is 2.66 bits per heavy atom. The van der Waals surface area contributed by atoms with E-state index < -0.39 is 29.8 Å². The van der Waals surface area contributed by atoms with Crippen molar-refractivity contribution in [3.8, 4) is 11.1 Å². The molecule has 0 spiro atoms. The average Bonchev–Trinajstić information content (AvgIpc) is 3.50. The molecular weight excluding hydrogens is 661 g/mol. The van der Waals surface area contributed by atoms with Crippen molar-refractivity contribution in [2.24, 2.45) is 22.0 Å². The molecule has 0 radical (unpaired) electrons. The van der Waals surface area contributed by atoms with Gasteiger partial charge in [-0.1, -0.05) is 50.1 Å². The summed E-state index contributed by atoms with van der Waals surface area (Å²) in [6.07, 6.45) is 4.85. The Morgan fingerprint density at radius 1 is 0.980 bits per heavy atom. The summed E-state index contributed by atoms with van der Waals surface area (Å²) in [5.74, 6) is -2.17. The van der Waals surface area contributed by atoms with Gasteiger partial charge in [-0.3, -0.25) is 24.9 Å². The second kappa shape index (κ2) is 15.4. The van der Waals surface area contributed by atoms with Gasteiger partial charge in [0, 0.05) is 47.2 Å². The monoisotopic (exact) mass is 695 g/mol. The second-order valence-corrected chi connectivity index (χ2v) is 12.6. The first-order valence-electron chi connectivity index (χ1n) is 16.3. The van der Waals surface area contributed by atoms with Crippen molar-refractivity contribution in [3.05, 3.63) is 107 Å². The van der Waals surface area contributed by atoms with Crippen molar-refractivity contribution in [3.63, 3.8) is 0 Å². The predicted molar refractivity (Wildman–Crippen MR) is 190 cm³/mol. The lowest BCUT2D eigenvalue weighted by Gasteiger charge is -2.23. The Hall–Kier alpha value is -5.49. The maximum atomic E-state index is 14.8. The third-order valence-electron chi connectivity index (χ3n) is 8.72. The molecule has 50 heavy (non-hydrogen) atoms. The summed E-state index contributed by atoms with van der Waals surface area (Å²) in [5, 5.41) is 17.1. The van der Waals surface area contributed by atoms with Crippen molar-refractivity contribution in [2.75, 3.05) is 17.2 Å². The average molecular weight is 696 g/mol. The van der Waals surface area contributed by atoms with E-state index in [1.807, 2.05) is 37.3 Å². The number of halogens is 2. The van der Waals surface area contributed by atoms with E-state index in [1.165, 1.54) is 6.07 Å². The Balaban J connectivity index is 1.20. The highest BCUT2D eigenvalue weighted by molar-refractivity contribution is 6.45. The molecule has 4 heterocycles. The van der Waals surface area contributed by atoms with Crippen molar-refractivity contribution < 1.29 is 23.5 Å². The summed E-state index contributed by atoms with van der Waals surface area (Å²) in [4.78, 5) is 48.3. The van der Waals surface area contributed by atoms with Gasteiger partial charge in [0.05, 0.1) is 40.7 Å². The van der Waals surface area contributed by atoms with Crippen LogP contribution in [0.3, 0.4) is 0 Å². The van der Waals surface area contributed by atoms with Gasteiger partial charge in [0.25, 0.3) is 5.91 Å². The van der Waals surface area contributed by atoms with Gasteiger partial charge in [-0.2, -0.15) is 5.10 Å². The number of nitrogens with one attached hydrogen (secondary N) is 3. The Labute approximate surface area is 293 Å². The molecule has 0 saturated carbocycles. The third kappa shape index (κ3) is 7.86. The number of carbonyl (C=O) groups excluding carboxylic acids is 3. The number of carbonyl (C=O) groups is 3. The van der Waals surface area contributed by atoms with E-state index >= 15 is 0 Å². The smallest absolute Gasteiger partial charge is 0.411 e. The highest BCUT2D eigenvalue weighted by Crippen LogP contribution is 2.34. The number of ether oxygens (including phenoxy) is 1. The minimum Gasteiger partial charge on any atom is -0.449 e. The Bertz CT molecular complexity index is 1990. The molecule has 4 aromatic rings. The van der Waals surface area contributed by atoms with E-state index in [2.05, 4.69) is 36.1 Å². The van der Waals surface area contributed by atoms with Crippen LogP contribution < -0.4 is 16.0 Å². The van der Waals surface area contributed by atoms with Crippen molar-refractivity contribution in [1.29, 1.82) is 0 Å². The lowest BCUT2D eigenvalue weighted by molar-refractivity contribution is -0.119. The number of pyridine rings is 2. The highest BCUT2D eigenvalue weighted by atomic mass is 35.5. The van der Waals surface area contributed by atoms with Crippen LogP contribution in [0.1, 0.15) is 56.1 Å². The van der Waals surface area contributed by atoms with Crippen LogP contribution in [0.25, 0.3) is 11.1 Å². The fourth-order valence-corrected chi connectivity index (χ4v) is 6.09. The fourth-order valence-electron chi connectivity index (χ4n) is 5.91. The molecular formula is C37H35ClFN7O4. The number of nitrogens with zero attached hydrogens (tertiary/aromatic N) is 4. The molecule has 3 amide bonds. The van der Waals surface area contributed by atoms with Crippen molar-refractivity contribution in [1.82, 2.24) is 15.3 Å². The summed E-state index contributed by atoms with van der Waals surface area (Å²) < 4.78 is 20.1. The second-order valence-electron chi connectivity index (χ2n) is 12.2. The van der Waals surface area contributed by atoms with Gasteiger partial charge < -0.3 is 15.4 Å². The van der Waals surface area contributed by atoms with Gasteiger partial charge in [0.15, 0.2) is 5.82 Å². The van der Waals surface area contributed by atoms with Gasteiger partial charge in [-0.25, -0.2) is 9.18 Å². The zero-order chi connectivity index (χ0) is 35.2. The van der Waals surface area contributed by atoms with E-state index in [0.717, 1.165) is 11.3 Å². The molecule has 256 valence electrons. The Kier molecular flexibility index (Phi) is 10.6. The van der Waals surface area contributed by atoms with Crippen LogP contribution >= 0.6 is 11.6 Å². The molecule has 2 bridgehead atoms. The maximum absolute atomic E-state index is 14.8. The molecule has 6 rings (SSSR count). The van der Waals surface area contributed by atoms with Gasteiger partial charge in [-0.05, 0) is 66.9 Å². The summed E-state index contributed by atoms with van der Waals surface area (Å²) in [6.45, 7) is 3.74. The van der Waals surface area contributed by atoms with Crippen molar-refractivity contribution in [2.45, 2.75) is 45.6 Å². The lowest BCUT2D eigenvalue weighted by Crippen LogP contribution is -2.38. The minimum absolute atomic E-state index is 0.0403. The van der Waals surface area contributed by atoms with Gasteiger partial charge in [0.1, 0.15) is 5.71 Å². The molecule has 2 aromatic carbocycles. The van der Waals surface area contributed by atoms with Crippen LogP contribution in [0, 0.1) is 17.7 Å². The topological polar surface area (TPSA) is 147 Å². The third-order valence-corrected chi connectivity index (χ3v) is 9.01. The summed E-state index contributed by atoms with van der Waals surface area (Å²) >= 11 is 5.99. The van der Waals surface area contributed by atoms with Gasteiger partial charge in [0.2, 0.25) is 5.91 Å². The number of aromatic nitrogens is 2. The van der Waals surface area contributed by atoms with Crippen molar-refractivity contribution >= 4 is 52.3 Å². The largest absolute Gasteiger partial charge is 0.449 e. The molecule has 0 fully saturated rings. The number of fused-ring (bicyclic) bond motifs is 4. The summed E-state index contributed by atoms with van der Waals surface area (Å²) in [6, 6.07) is 18.5. The van der Waals surface area contributed by atoms with Gasteiger partial charge >= 0.3 is 6.09 Å². The van der Waals surface area contributed by atoms with E-state index in [1.54, 1.807) is 49.6 Å². The van der Waals surface area contributed by atoms with Crippen LogP contribution in [0.4, 0.5) is 20.6 Å². The molecule has 11 nitrogen and oxygen atoms in total. The zero-order valence-electron chi connectivity index (χ0n) is 27.5. The van der Waals surface area contributed by atoms with Crippen LogP contribution in [0.15, 0.2) is 89.3 Å². The highest BCUT2D eigenvalue weighted by Gasteiger charge is 2.33. The van der Waals surface area contributed by atoms with Crippen LogP contribution in [-0.4, -0.2) is 45.9 Å². The first-order chi connectivity index (χ1) is 24.2. The molecule has 3 atom stereocenters. The van der Waals surface area contributed by atoms with Crippen LogP contribution in [-0.2, 0) is 20.7 Å². The number of rotatable bonds is 7. The summed E-state index contributed by atoms with van der Waals surface area (Å²) in [7, 11) is 0. The molecule has 0 aliphatic carbocycles. The normalized spacial score (nSPS) is 18.7. The lowest BCUT2D eigenvalue weighted by atomic mass is 9.93. The summed E-state index contributed by atoms with van der Waals surface area (Å²) in [5.41, 5.74) is 4.47. The standard InChI is InChI=1S/C37H35ClFN7O4/c1-21-7-5-11-29(43-36(48)34-22(2)33(45-46-34)27-9-6-10-28(38)32(27)39)31-19-23(14-17-41-31)26-13-12-25(20-30(26)44-35(21)47)42-37(49)50-18-15-24-8-3-4-16-40-24/h3-4,6,8-10,12-14,16-17,19-22,29H,5,7,11,15,18H2,1-2H3,(H,42,49)(H,43,48)(H,44,47)/t21-,22?,29+/m1/s1. The molecule has 1 unspecified atom stereocenters. The number of benzene rings is 2. The first-order valence-corrected chi connectivity index (χ1v) is 16.7. The predicted octanol–water partition coefficient (Wildman–Crippen LogP) is 7.14. The van der Waals surface area contributed by atoms with E-state index in [-0.39, 0.29) is 34.7 Å². The molecule has 2 aromatic heterocycles. The van der Waals surface area contributed by atoms with Crippen LogP contribution in [0.2, 0.25) is 5.02 Å². The molecule has 13 heteroatoms. The maximum Gasteiger partial charge on any atom is 0.411 e. The number of hydrogen-bond acceptors (Lipinski definition) is 8. The number of hydrogen-bond donors (Lipinski definition) is 3. The van der Waals surface area contributed by atoms with Gasteiger partial charge in [-0.15, -0.1) is 5.10 Å². The molecule has 0 saturated heterocycles. The van der Waals surface area contributed by atoms with E-state index in [0.29, 0.717) is 54.0 Å². The number of anilines is 2. The van der Waals surface area contributed by atoms with E-state index in [9.17, 15) is 18.8 Å². The SMILES string of the molecule is CC1C(C(=O)N[C@H]2CCC[C@@H](C)C(=O)Nc3cc(NC(=O)OCCc4ccccn4)ccc3-c3ccnc2c3)=NN=C1c1cccc(Cl)c1F. The quantitative estimate of drug-likeness (QED) is 0.187. The minimum atomic E-state index is -0.630. The fraction of sp³-hybridized carbons (Fsp3) is 0.270.